The van der Waals surface area contributed by atoms with Gasteiger partial charge < -0.3 is 4.42 Å². The summed E-state index contributed by atoms with van der Waals surface area (Å²) in [5.74, 6) is 0. The average molecular weight is 336 g/mol. The van der Waals surface area contributed by atoms with Gasteiger partial charge in [0.15, 0.2) is 0 Å². The standard InChI is InChI=1S/C15H8BrClO2/c16-10-5-6-11(13(17)8-10)12-7-9-3-1-2-4-14(9)19-15(12)18/h1-8H. The van der Waals surface area contributed by atoms with Gasteiger partial charge >= 0.3 is 5.63 Å². The molecule has 3 rings (SSSR count). The van der Waals surface area contributed by atoms with Crippen molar-refractivity contribution in [1.82, 2.24) is 0 Å². The van der Waals surface area contributed by atoms with Crippen LogP contribution >= 0.6 is 27.5 Å². The normalized spacial score (nSPS) is 10.8. The maximum absolute atomic E-state index is 12.0. The Morgan fingerprint density at radius 2 is 1.79 bits per heavy atom. The van der Waals surface area contributed by atoms with Gasteiger partial charge in [-0.2, -0.15) is 0 Å². The number of hydrogen-bond acceptors (Lipinski definition) is 2. The van der Waals surface area contributed by atoms with E-state index in [1.54, 1.807) is 24.3 Å². The van der Waals surface area contributed by atoms with Crippen molar-refractivity contribution in [2.24, 2.45) is 0 Å². The highest BCUT2D eigenvalue weighted by molar-refractivity contribution is 9.10. The van der Waals surface area contributed by atoms with Crippen molar-refractivity contribution in [3.63, 3.8) is 0 Å². The molecule has 0 fully saturated rings. The van der Waals surface area contributed by atoms with Gasteiger partial charge in [-0.15, -0.1) is 0 Å². The molecule has 2 aromatic carbocycles. The van der Waals surface area contributed by atoms with E-state index in [1.165, 1.54) is 0 Å². The first-order valence-electron chi connectivity index (χ1n) is 5.63. The van der Waals surface area contributed by atoms with Crippen LogP contribution in [-0.4, -0.2) is 0 Å². The summed E-state index contributed by atoms with van der Waals surface area (Å²) in [6.07, 6.45) is 0. The molecule has 0 unspecified atom stereocenters. The third kappa shape index (κ3) is 2.31. The van der Waals surface area contributed by atoms with Crippen molar-refractivity contribution in [3.8, 4) is 11.1 Å². The van der Waals surface area contributed by atoms with Crippen molar-refractivity contribution in [1.29, 1.82) is 0 Å². The molecule has 94 valence electrons. The minimum atomic E-state index is -0.386. The first-order valence-corrected chi connectivity index (χ1v) is 6.80. The molecule has 19 heavy (non-hydrogen) atoms. The maximum atomic E-state index is 12.0. The monoisotopic (exact) mass is 334 g/mol. The van der Waals surface area contributed by atoms with E-state index in [-0.39, 0.29) is 5.63 Å². The van der Waals surface area contributed by atoms with E-state index in [1.807, 2.05) is 24.3 Å². The Bertz CT molecular complexity index is 824. The summed E-state index contributed by atoms with van der Waals surface area (Å²) in [5.41, 5.74) is 1.33. The summed E-state index contributed by atoms with van der Waals surface area (Å²) >= 11 is 9.52. The molecule has 0 atom stereocenters. The van der Waals surface area contributed by atoms with Crippen molar-refractivity contribution in [2.75, 3.05) is 0 Å². The molecule has 1 aromatic heterocycles. The lowest BCUT2D eigenvalue weighted by molar-refractivity contribution is 0.563. The zero-order valence-electron chi connectivity index (χ0n) is 9.69. The molecule has 2 nitrogen and oxygen atoms in total. The largest absolute Gasteiger partial charge is 0.422 e. The summed E-state index contributed by atoms with van der Waals surface area (Å²) in [6.45, 7) is 0. The molecule has 0 amide bonds. The topological polar surface area (TPSA) is 30.2 Å². The van der Waals surface area contributed by atoms with Crippen LogP contribution in [0.5, 0.6) is 0 Å². The number of benzene rings is 2. The fraction of sp³-hybridized carbons (Fsp3) is 0. The highest BCUT2D eigenvalue weighted by Gasteiger charge is 2.11. The third-order valence-electron chi connectivity index (χ3n) is 2.86. The van der Waals surface area contributed by atoms with E-state index in [4.69, 9.17) is 16.0 Å². The van der Waals surface area contributed by atoms with Gasteiger partial charge in [0.05, 0.1) is 5.56 Å². The molecule has 3 aromatic rings. The number of fused-ring (bicyclic) bond motifs is 1. The fourth-order valence-corrected chi connectivity index (χ4v) is 2.73. The summed E-state index contributed by atoms with van der Waals surface area (Å²) in [5, 5.41) is 1.38. The van der Waals surface area contributed by atoms with Crippen molar-refractivity contribution >= 4 is 38.5 Å². The molecule has 0 spiro atoms. The molecular weight excluding hydrogens is 328 g/mol. The van der Waals surface area contributed by atoms with Gasteiger partial charge in [0.1, 0.15) is 5.58 Å². The van der Waals surface area contributed by atoms with Gasteiger partial charge in [-0.1, -0.05) is 51.8 Å². The van der Waals surface area contributed by atoms with E-state index in [0.717, 1.165) is 9.86 Å². The maximum Gasteiger partial charge on any atom is 0.344 e. The van der Waals surface area contributed by atoms with Gasteiger partial charge in [0.25, 0.3) is 0 Å². The molecule has 0 radical (unpaired) electrons. The number of para-hydroxylation sites is 1. The molecule has 0 aliphatic carbocycles. The first kappa shape index (κ1) is 12.5. The smallest absolute Gasteiger partial charge is 0.344 e. The SMILES string of the molecule is O=c1oc2ccccc2cc1-c1ccc(Br)cc1Cl. The highest BCUT2D eigenvalue weighted by Crippen LogP contribution is 2.30. The van der Waals surface area contributed by atoms with Gasteiger partial charge in [0.2, 0.25) is 0 Å². The number of rotatable bonds is 1. The predicted octanol–water partition coefficient (Wildman–Crippen LogP) is 4.88. The van der Waals surface area contributed by atoms with Gasteiger partial charge in [-0.25, -0.2) is 4.79 Å². The van der Waals surface area contributed by atoms with Crippen LogP contribution in [0.25, 0.3) is 22.1 Å². The molecule has 0 saturated heterocycles. The number of halogens is 2. The molecule has 0 saturated carbocycles. The minimum Gasteiger partial charge on any atom is -0.422 e. The Labute approximate surface area is 122 Å². The van der Waals surface area contributed by atoms with Gasteiger partial charge in [0, 0.05) is 20.4 Å². The minimum absolute atomic E-state index is 0.386. The molecule has 0 aliphatic heterocycles. The zero-order chi connectivity index (χ0) is 13.4. The molecule has 0 N–H and O–H groups in total. The second-order valence-electron chi connectivity index (χ2n) is 4.11. The van der Waals surface area contributed by atoms with Crippen LogP contribution in [0.2, 0.25) is 5.02 Å². The van der Waals surface area contributed by atoms with E-state index in [2.05, 4.69) is 15.9 Å². The molecule has 4 heteroatoms. The lowest BCUT2D eigenvalue weighted by Gasteiger charge is -2.05. The van der Waals surface area contributed by atoms with Crippen LogP contribution in [0.15, 0.2) is 62.2 Å². The quantitative estimate of drug-likeness (QED) is 0.594. The van der Waals surface area contributed by atoms with E-state index in [9.17, 15) is 4.79 Å². The average Bonchev–Trinajstić information content (AvgIpc) is 2.38. The summed E-state index contributed by atoms with van der Waals surface area (Å²) in [6, 6.07) is 14.6. The Hall–Kier alpha value is -1.58. The van der Waals surface area contributed by atoms with Crippen LogP contribution in [-0.2, 0) is 0 Å². The second kappa shape index (κ2) is 4.83. The van der Waals surface area contributed by atoms with Crippen molar-refractivity contribution < 1.29 is 4.42 Å². The Morgan fingerprint density at radius 3 is 2.58 bits per heavy atom. The second-order valence-corrected chi connectivity index (χ2v) is 5.43. The van der Waals surface area contributed by atoms with Gasteiger partial charge in [-0.3, -0.25) is 0 Å². The Morgan fingerprint density at radius 1 is 1.00 bits per heavy atom. The third-order valence-corrected chi connectivity index (χ3v) is 3.67. The van der Waals surface area contributed by atoms with Crippen LogP contribution in [0.3, 0.4) is 0 Å². The van der Waals surface area contributed by atoms with Crippen LogP contribution in [0, 0.1) is 0 Å². The first-order chi connectivity index (χ1) is 9.15. The molecular formula is C15H8BrClO2. The zero-order valence-corrected chi connectivity index (χ0v) is 12.0. The van der Waals surface area contributed by atoms with Crippen LogP contribution in [0.4, 0.5) is 0 Å². The fourth-order valence-electron chi connectivity index (χ4n) is 1.96. The van der Waals surface area contributed by atoms with Crippen molar-refractivity contribution in [2.45, 2.75) is 0 Å². The summed E-state index contributed by atoms with van der Waals surface area (Å²) in [7, 11) is 0. The molecule has 0 aliphatic rings. The number of hydrogen-bond donors (Lipinski definition) is 0. The van der Waals surface area contributed by atoms with Crippen LogP contribution < -0.4 is 5.63 Å². The van der Waals surface area contributed by atoms with E-state index < -0.39 is 0 Å². The van der Waals surface area contributed by atoms with Crippen molar-refractivity contribution in [3.05, 3.63) is 68.4 Å². The lowest BCUT2D eigenvalue weighted by Crippen LogP contribution is -2.02. The highest BCUT2D eigenvalue weighted by atomic mass is 79.9. The predicted molar refractivity (Wildman–Crippen MR) is 80.6 cm³/mol. The lowest BCUT2D eigenvalue weighted by atomic mass is 10.1. The Kier molecular flexibility index (Phi) is 3.17. The Balaban J connectivity index is 2.30. The van der Waals surface area contributed by atoms with E-state index >= 15 is 0 Å². The van der Waals surface area contributed by atoms with E-state index in [0.29, 0.717) is 21.7 Å². The van der Waals surface area contributed by atoms with Crippen LogP contribution in [0.1, 0.15) is 0 Å². The summed E-state index contributed by atoms with van der Waals surface area (Å²) in [4.78, 5) is 12.0. The van der Waals surface area contributed by atoms with Gasteiger partial charge in [-0.05, 0) is 24.3 Å². The summed E-state index contributed by atoms with van der Waals surface area (Å²) < 4.78 is 6.17. The molecule has 1 heterocycles. The molecule has 0 bridgehead atoms.